The van der Waals surface area contributed by atoms with Crippen molar-refractivity contribution in [1.82, 2.24) is 9.97 Å². The van der Waals surface area contributed by atoms with Crippen LogP contribution in [0.1, 0.15) is 26.7 Å². The topological polar surface area (TPSA) is 59.1 Å². The Morgan fingerprint density at radius 1 is 1.58 bits per heavy atom. The maximum Gasteiger partial charge on any atom is 0.224 e. The molecule has 2 rings (SSSR count). The zero-order valence-electron chi connectivity index (χ0n) is 11.4. The Hall–Kier alpha value is -1.43. The smallest absolute Gasteiger partial charge is 0.224 e. The molecule has 106 valence electrons. The molecule has 0 radical (unpaired) electrons. The minimum atomic E-state index is -0.423. The zero-order valence-corrected chi connectivity index (χ0v) is 11.4. The molecule has 1 aliphatic rings. The summed E-state index contributed by atoms with van der Waals surface area (Å²) in [5.74, 6) is 0.697. The molecular formula is C13H21FN4O. The van der Waals surface area contributed by atoms with Crippen molar-refractivity contribution in [2.45, 2.75) is 32.7 Å². The summed E-state index contributed by atoms with van der Waals surface area (Å²) in [7, 11) is 0. The molecular weight excluding hydrogens is 247 g/mol. The van der Waals surface area contributed by atoms with Crippen molar-refractivity contribution in [3.05, 3.63) is 12.0 Å². The Morgan fingerprint density at radius 2 is 2.42 bits per heavy atom. The fourth-order valence-corrected chi connectivity index (χ4v) is 2.07. The number of hydrogen-bond acceptors (Lipinski definition) is 5. The maximum absolute atomic E-state index is 13.7. The van der Waals surface area contributed by atoms with E-state index in [9.17, 15) is 4.39 Å². The molecule has 6 heteroatoms. The van der Waals surface area contributed by atoms with Crippen LogP contribution in [0.3, 0.4) is 0 Å². The lowest BCUT2D eigenvalue weighted by Gasteiger charge is -2.20. The number of ether oxygens (including phenoxy) is 1. The van der Waals surface area contributed by atoms with Gasteiger partial charge in [0.15, 0.2) is 11.6 Å². The van der Waals surface area contributed by atoms with Gasteiger partial charge < -0.3 is 15.4 Å². The highest BCUT2D eigenvalue weighted by Gasteiger charge is 2.23. The molecule has 0 bridgehead atoms. The Balaban J connectivity index is 2.01. The first-order valence-electron chi connectivity index (χ1n) is 6.81. The van der Waals surface area contributed by atoms with E-state index >= 15 is 0 Å². The average molecular weight is 268 g/mol. The highest BCUT2D eigenvalue weighted by atomic mass is 19.1. The van der Waals surface area contributed by atoms with Gasteiger partial charge in [-0.3, -0.25) is 0 Å². The predicted octanol–water partition coefficient (Wildman–Crippen LogP) is 2.27. The van der Waals surface area contributed by atoms with Gasteiger partial charge in [0.1, 0.15) is 0 Å². The summed E-state index contributed by atoms with van der Waals surface area (Å²) in [5.41, 5.74) is 0. The van der Waals surface area contributed by atoms with E-state index in [0.717, 1.165) is 32.6 Å². The van der Waals surface area contributed by atoms with E-state index in [1.165, 1.54) is 6.20 Å². The van der Waals surface area contributed by atoms with E-state index in [1.807, 2.05) is 6.92 Å². The van der Waals surface area contributed by atoms with Crippen LogP contribution < -0.4 is 10.6 Å². The van der Waals surface area contributed by atoms with Crippen molar-refractivity contribution >= 4 is 11.8 Å². The Labute approximate surface area is 113 Å². The van der Waals surface area contributed by atoms with Crippen molar-refractivity contribution in [2.24, 2.45) is 5.92 Å². The SMILES string of the molecule is CCCNc1ncc(F)c(NC(C)C2CCOC2)n1. The van der Waals surface area contributed by atoms with Gasteiger partial charge in [-0.25, -0.2) is 9.37 Å². The van der Waals surface area contributed by atoms with Gasteiger partial charge in [-0.15, -0.1) is 0 Å². The molecule has 1 aromatic rings. The Bertz CT molecular complexity index is 410. The summed E-state index contributed by atoms with van der Waals surface area (Å²) >= 11 is 0. The standard InChI is InChI=1S/C13H21FN4O/c1-3-5-15-13-16-7-11(14)12(18-13)17-9(2)10-4-6-19-8-10/h7,9-10H,3-6,8H2,1-2H3,(H2,15,16,17,18). The monoisotopic (exact) mass is 268 g/mol. The molecule has 1 aliphatic heterocycles. The number of nitrogens with zero attached hydrogens (tertiary/aromatic N) is 2. The molecule has 2 atom stereocenters. The quantitative estimate of drug-likeness (QED) is 0.829. The molecule has 1 saturated heterocycles. The van der Waals surface area contributed by atoms with Gasteiger partial charge in [-0.2, -0.15) is 4.98 Å². The van der Waals surface area contributed by atoms with Crippen molar-refractivity contribution in [3.8, 4) is 0 Å². The third-order valence-corrected chi connectivity index (χ3v) is 3.31. The van der Waals surface area contributed by atoms with Crippen LogP contribution in [0.5, 0.6) is 0 Å². The van der Waals surface area contributed by atoms with E-state index < -0.39 is 5.82 Å². The maximum atomic E-state index is 13.7. The van der Waals surface area contributed by atoms with Crippen LogP contribution in [0, 0.1) is 11.7 Å². The minimum Gasteiger partial charge on any atom is -0.381 e. The van der Waals surface area contributed by atoms with Gasteiger partial charge in [-0.05, 0) is 19.8 Å². The zero-order chi connectivity index (χ0) is 13.7. The first-order valence-corrected chi connectivity index (χ1v) is 6.81. The van der Waals surface area contributed by atoms with Gasteiger partial charge in [-0.1, -0.05) is 6.92 Å². The van der Waals surface area contributed by atoms with Crippen LogP contribution in [0.2, 0.25) is 0 Å². The molecule has 0 amide bonds. The average Bonchev–Trinajstić information content (AvgIpc) is 2.93. The van der Waals surface area contributed by atoms with Crippen molar-refractivity contribution in [3.63, 3.8) is 0 Å². The van der Waals surface area contributed by atoms with Gasteiger partial charge in [0.05, 0.1) is 12.8 Å². The second kappa shape index (κ2) is 6.65. The van der Waals surface area contributed by atoms with E-state index in [-0.39, 0.29) is 11.9 Å². The van der Waals surface area contributed by atoms with Crippen LogP contribution in [-0.4, -0.2) is 35.8 Å². The normalized spacial score (nSPS) is 20.3. The molecule has 0 spiro atoms. The van der Waals surface area contributed by atoms with E-state index in [4.69, 9.17) is 4.74 Å². The molecule has 0 aromatic carbocycles. The summed E-state index contributed by atoms with van der Waals surface area (Å²) < 4.78 is 19.0. The lowest BCUT2D eigenvalue weighted by atomic mass is 10.0. The summed E-state index contributed by atoms with van der Waals surface area (Å²) in [4.78, 5) is 8.09. The molecule has 2 heterocycles. The van der Waals surface area contributed by atoms with Crippen molar-refractivity contribution < 1.29 is 9.13 Å². The molecule has 19 heavy (non-hydrogen) atoms. The molecule has 5 nitrogen and oxygen atoms in total. The third-order valence-electron chi connectivity index (χ3n) is 3.31. The van der Waals surface area contributed by atoms with Gasteiger partial charge in [0.2, 0.25) is 5.95 Å². The highest BCUT2D eigenvalue weighted by molar-refractivity contribution is 5.41. The Kier molecular flexibility index (Phi) is 4.90. The van der Waals surface area contributed by atoms with E-state index in [2.05, 4.69) is 27.5 Å². The number of anilines is 2. The highest BCUT2D eigenvalue weighted by Crippen LogP contribution is 2.21. The Morgan fingerprint density at radius 3 is 3.11 bits per heavy atom. The van der Waals surface area contributed by atoms with Crippen molar-refractivity contribution in [2.75, 3.05) is 30.4 Å². The number of nitrogens with one attached hydrogen (secondary N) is 2. The summed E-state index contributed by atoms with van der Waals surface area (Å²) in [6, 6.07) is 0.130. The number of hydrogen-bond donors (Lipinski definition) is 2. The lowest BCUT2D eigenvalue weighted by Crippen LogP contribution is -2.27. The number of rotatable bonds is 6. The van der Waals surface area contributed by atoms with Gasteiger partial charge >= 0.3 is 0 Å². The fourth-order valence-electron chi connectivity index (χ4n) is 2.07. The van der Waals surface area contributed by atoms with Crippen LogP contribution >= 0.6 is 0 Å². The molecule has 1 aromatic heterocycles. The molecule has 0 aliphatic carbocycles. The molecule has 2 unspecified atom stereocenters. The van der Waals surface area contributed by atoms with Crippen LogP contribution in [0.25, 0.3) is 0 Å². The second-order valence-corrected chi connectivity index (χ2v) is 4.87. The summed E-state index contributed by atoms with van der Waals surface area (Å²) in [6.07, 6.45) is 3.17. The predicted molar refractivity (Wildman–Crippen MR) is 72.8 cm³/mol. The first kappa shape index (κ1) is 14.0. The number of aromatic nitrogens is 2. The van der Waals surface area contributed by atoms with Crippen LogP contribution in [0.15, 0.2) is 6.20 Å². The molecule has 1 fully saturated rings. The second-order valence-electron chi connectivity index (χ2n) is 4.87. The number of halogens is 1. The van der Waals surface area contributed by atoms with E-state index in [0.29, 0.717) is 11.9 Å². The minimum absolute atomic E-state index is 0.130. The summed E-state index contributed by atoms with van der Waals surface area (Å²) in [5, 5.41) is 6.17. The van der Waals surface area contributed by atoms with Gasteiger partial charge in [0.25, 0.3) is 0 Å². The van der Waals surface area contributed by atoms with Crippen molar-refractivity contribution in [1.29, 1.82) is 0 Å². The van der Waals surface area contributed by atoms with Crippen LogP contribution in [0.4, 0.5) is 16.2 Å². The van der Waals surface area contributed by atoms with Crippen LogP contribution in [-0.2, 0) is 4.74 Å². The lowest BCUT2D eigenvalue weighted by molar-refractivity contribution is 0.183. The molecule has 0 saturated carbocycles. The largest absolute Gasteiger partial charge is 0.381 e. The summed E-state index contributed by atoms with van der Waals surface area (Å²) in [6.45, 7) is 6.36. The van der Waals surface area contributed by atoms with Gasteiger partial charge in [0, 0.05) is 25.1 Å². The first-order chi connectivity index (χ1) is 9.20. The van der Waals surface area contributed by atoms with E-state index in [1.54, 1.807) is 0 Å². The molecule has 2 N–H and O–H groups in total. The third kappa shape index (κ3) is 3.76. The fraction of sp³-hybridized carbons (Fsp3) is 0.692.